The minimum atomic E-state index is -0.583. The van der Waals surface area contributed by atoms with Gasteiger partial charge < -0.3 is 14.8 Å². The Morgan fingerprint density at radius 3 is 2.48 bits per heavy atom. The highest BCUT2D eigenvalue weighted by molar-refractivity contribution is 5.80. The van der Waals surface area contributed by atoms with E-state index in [1.807, 2.05) is 6.92 Å². The third kappa shape index (κ3) is 9.10. The molecular formula is C17H35NO3. The van der Waals surface area contributed by atoms with Crippen LogP contribution in [-0.2, 0) is 14.3 Å². The molecule has 0 bridgehead atoms. The fraction of sp³-hybridized carbons (Fsp3) is 0.941. The van der Waals surface area contributed by atoms with Crippen molar-refractivity contribution < 1.29 is 14.3 Å². The summed E-state index contributed by atoms with van der Waals surface area (Å²) in [4.78, 5) is 11.7. The van der Waals surface area contributed by atoms with Crippen LogP contribution in [0.3, 0.4) is 0 Å². The van der Waals surface area contributed by atoms with Gasteiger partial charge in [0.1, 0.15) is 5.54 Å². The lowest BCUT2D eigenvalue weighted by Gasteiger charge is -2.26. The molecule has 0 aliphatic carbocycles. The molecule has 4 heteroatoms. The maximum atomic E-state index is 11.7. The molecule has 0 fully saturated rings. The average molecular weight is 301 g/mol. The molecule has 0 aliphatic heterocycles. The van der Waals surface area contributed by atoms with Crippen molar-refractivity contribution in [3.8, 4) is 0 Å². The van der Waals surface area contributed by atoms with Crippen LogP contribution in [0.2, 0.25) is 0 Å². The number of carbonyl (C=O) groups is 1. The molecule has 0 amide bonds. The lowest BCUT2D eigenvalue weighted by Crippen LogP contribution is -2.48. The molecule has 2 unspecified atom stereocenters. The number of methoxy groups -OCH3 is 1. The van der Waals surface area contributed by atoms with Crippen molar-refractivity contribution >= 4 is 5.97 Å². The van der Waals surface area contributed by atoms with Gasteiger partial charge in [-0.3, -0.25) is 4.79 Å². The number of unbranched alkanes of at least 4 members (excludes halogenated alkanes) is 4. The van der Waals surface area contributed by atoms with Crippen LogP contribution in [0.4, 0.5) is 0 Å². The summed E-state index contributed by atoms with van der Waals surface area (Å²) in [7, 11) is 3.23. The van der Waals surface area contributed by atoms with Crippen LogP contribution < -0.4 is 5.32 Å². The Balaban J connectivity index is 3.68. The minimum absolute atomic E-state index is 0.199. The van der Waals surface area contributed by atoms with Crippen molar-refractivity contribution in [3.63, 3.8) is 0 Å². The molecule has 0 aromatic rings. The second-order valence-corrected chi connectivity index (χ2v) is 6.06. The lowest BCUT2D eigenvalue weighted by molar-refractivity contribution is -0.148. The Morgan fingerprint density at radius 1 is 1.19 bits per heavy atom. The van der Waals surface area contributed by atoms with Crippen LogP contribution in [0.5, 0.6) is 0 Å². The highest BCUT2D eigenvalue weighted by atomic mass is 16.5. The van der Waals surface area contributed by atoms with Crippen LogP contribution in [0.15, 0.2) is 0 Å². The second-order valence-electron chi connectivity index (χ2n) is 6.06. The van der Waals surface area contributed by atoms with Gasteiger partial charge in [0.15, 0.2) is 0 Å². The molecule has 0 aromatic heterocycles. The molecule has 0 aromatic carbocycles. The number of ether oxygens (including phenoxy) is 2. The van der Waals surface area contributed by atoms with Crippen molar-refractivity contribution in [3.05, 3.63) is 0 Å². The molecule has 21 heavy (non-hydrogen) atoms. The van der Waals surface area contributed by atoms with Crippen molar-refractivity contribution in [2.75, 3.05) is 20.8 Å². The van der Waals surface area contributed by atoms with Gasteiger partial charge in [-0.1, -0.05) is 32.6 Å². The van der Waals surface area contributed by atoms with Crippen LogP contribution in [0.1, 0.15) is 72.1 Å². The first-order valence-corrected chi connectivity index (χ1v) is 8.39. The summed E-state index contributed by atoms with van der Waals surface area (Å²) < 4.78 is 10.7. The van der Waals surface area contributed by atoms with E-state index >= 15 is 0 Å². The van der Waals surface area contributed by atoms with E-state index in [0.29, 0.717) is 6.10 Å². The summed E-state index contributed by atoms with van der Waals surface area (Å²) in [5, 5.41) is 3.05. The molecule has 0 radical (unpaired) electrons. The van der Waals surface area contributed by atoms with E-state index in [-0.39, 0.29) is 5.97 Å². The average Bonchev–Trinajstić information content (AvgIpc) is 2.50. The summed E-state index contributed by atoms with van der Waals surface area (Å²) in [5.74, 6) is -0.199. The van der Waals surface area contributed by atoms with E-state index in [4.69, 9.17) is 9.47 Å². The summed E-state index contributed by atoms with van der Waals surface area (Å²) in [6.07, 6.45) is 9.36. The minimum Gasteiger partial charge on any atom is -0.468 e. The SMILES string of the molecule is CCCCCCC(C)OCCCCC(C)(NC)C(=O)OC. The highest BCUT2D eigenvalue weighted by Gasteiger charge is 2.31. The maximum absolute atomic E-state index is 11.7. The van der Waals surface area contributed by atoms with Gasteiger partial charge in [-0.05, 0) is 46.6 Å². The van der Waals surface area contributed by atoms with Crippen LogP contribution in [0.25, 0.3) is 0 Å². The number of hydrogen-bond donors (Lipinski definition) is 1. The Hall–Kier alpha value is -0.610. The fourth-order valence-corrected chi connectivity index (χ4v) is 2.36. The van der Waals surface area contributed by atoms with E-state index in [9.17, 15) is 4.79 Å². The molecule has 1 N–H and O–H groups in total. The number of likely N-dealkylation sites (N-methyl/N-ethyl adjacent to an activating group) is 1. The third-order valence-electron chi connectivity index (χ3n) is 4.13. The molecule has 0 saturated carbocycles. The van der Waals surface area contributed by atoms with Gasteiger partial charge in [0.05, 0.1) is 13.2 Å². The lowest BCUT2D eigenvalue weighted by atomic mass is 9.95. The summed E-state index contributed by atoms with van der Waals surface area (Å²) in [6, 6.07) is 0. The quantitative estimate of drug-likeness (QED) is 0.416. The van der Waals surface area contributed by atoms with Crippen molar-refractivity contribution in [2.45, 2.75) is 83.8 Å². The Labute approximate surface area is 131 Å². The van der Waals surface area contributed by atoms with E-state index in [1.54, 1.807) is 7.05 Å². The van der Waals surface area contributed by atoms with Gasteiger partial charge in [-0.25, -0.2) is 0 Å². The highest BCUT2D eigenvalue weighted by Crippen LogP contribution is 2.16. The molecule has 4 nitrogen and oxygen atoms in total. The Morgan fingerprint density at radius 2 is 1.90 bits per heavy atom. The van der Waals surface area contributed by atoms with Crippen LogP contribution in [0, 0.1) is 0 Å². The molecule has 0 heterocycles. The van der Waals surface area contributed by atoms with E-state index in [0.717, 1.165) is 32.3 Å². The van der Waals surface area contributed by atoms with Crippen molar-refractivity contribution in [1.29, 1.82) is 0 Å². The summed E-state index contributed by atoms with van der Waals surface area (Å²) in [6.45, 7) is 7.04. The fourth-order valence-electron chi connectivity index (χ4n) is 2.36. The van der Waals surface area contributed by atoms with E-state index in [1.165, 1.54) is 32.8 Å². The monoisotopic (exact) mass is 301 g/mol. The number of rotatable bonds is 13. The van der Waals surface area contributed by atoms with Gasteiger partial charge in [0.25, 0.3) is 0 Å². The van der Waals surface area contributed by atoms with Gasteiger partial charge in [0, 0.05) is 6.61 Å². The normalized spacial score (nSPS) is 15.5. The number of nitrogens with one attached hydrogen (secondary N) is 1. The van der Waals surface area contributed by atoms with Crippen LogP contribution in [-0.4, -0.2) is 38.4 Å². The summed E-state index contributed by atoms with van der Waals surface area (Å²) >= 11 is 0. The molecule has 0 aliphatic rings. The maximum Gasteiger partial charge on any atom is 0.325 e. The molecule has 0 rings (SSSR count). The molecule has 126 valence electrons. The predicted octanol–water partition coefficient (Wildman–Crippen LogP) is 3.68. The first kappa shape index (κ1) is 20.4. The topological polar surface area (TPSA) is 47.6 Å². The zero-order valence-corrected chi connectivity index (χ0v) is 14.7. The molecule has 2 atom stereocenters. The van der Waals surface area contributed by atoms with Gasteiger partial charge in [-0.15, -0.1) is 0 Å². The van der Waals surface area contributed by atoms with Crippen molar-refractivity contribution in [2.24, 2.45) is 0 Å². The summed E-state index contributed by atoms with van der Waals surface area (Å²) in [5.41, 5.74) is -0.583. The van der Waals surface area contributed by atoms with Crippen molar-refractivity contribution in [1.82, 2.24) is 5.32 Å². The number of hydrogen-bond acceptors (Lipinski definition) is 4. The van der Waals surface area contributed by atoms with Gasteiger partial charge >= 0.3 is 5.97 Å². The molecule has 0 spiro atoms. The van der Waals surface area contributed by atoms with Gasteiger partial charge in [-0.2, -0.15) is 0 Å². The van der Waals surface area contributed by atoms with Crippen LogP contribution >= 0.6 is 0 Å². The number of carbonyl (C=O) groups excluding carboxylic acids is 1. The zero-order valence-electron chi connectivity index (χ0n) is 14.7. The van der Waals surface area contributed by atoms with E-state index in [2.05, 4.69) is 19.2 Å². The third-order valence-corrected chi connectivity index (χ3v) is 4.13. The van der Waals surface area contributed by atoms with E-state index < -0.39 is 5.54 Å². The smallest absolute Gasteiger partial charge is 0.325 e. The Kier molecular flexibility index (Phi) is 11.6. The predicted molar refractivity (Wildman–Crippen MR) is 87.5 cm³/mol. The second kappa shape index (κ2) is 12.0. The molecular weight excluding hydrogens is 266 g/mol. The first-order chi connectivity index (χ1) is 10.00. The number of esters is 1. The largest absolute Gasteiger partial charge is 0.468 e. The molecule has 0 saturated heterocycles. The zero-order chi connectivity index (χ0) is 16.1. The van der Waals surface area contributed by atoms with Gasteiger partial charge in [0.2, 0.25) is 0 Å². The standard InChI is InChI=1S/C17H35NO3/c1-6-7-8-9-12-15(2)21-14-11-10-13-17(3,18-4)16(19)20-5/h15,18H,6-14H2,1-5H3. The first-order valence-electron chi connectivity index (χ1n) is 8.39. The Bertz CT molecular complexity index is 271.